The number of esters is 1. The van der Waals surface area contributed by atoms with Crippen LogP contribution in [0.1, 0.15) is 27.0 Å². The molecule has 1 spiro atoms. The van der Waals surface area contributed by atoms with E-state index < -0.39 is 13.5 Å². The molecule has 0 bridgehead atoms. The Morgan fingerprint density at radius 1 is 1.20 bits per heavy atom. The summed E-state index contributed by atoms with van der Waals surface area (Å²) >= 11 is 0. The smallest absolute Gasteiger partial charge is 0.337 e. The molecule has 0 unspecified atom stereocenters. The maximum absolute atomic E-state index is 13.6. The predicted molar refractivity (Wildman–Crippen MR) is 118 cm³/mol. The van der Waals surface area contributed by atoms with Crippen molar-refractivity contribution in [1.82, 2.24) is 4.98 Å². The molecule has 1 atom stereocenters. The molecule has 2 aliphatic rings. The number of aromatic nitrogens is 1. The van der Waals surface area contributed by atoms with E-state index in [2.05, 4.69) is 24.6 Å². The Hall–Kier alpha value is -2.51. The minimum Gasteiger partial charge on any atom is -0.465 e. The molecule has 0 fully saturated rings. The van der Waals surface area contributed by atoms with E-state index in [1.54, 1.807) is 17.2 Å². The largest absolute Gasteiger partial charge is 0.465 e. The molecule has 2 aromatic rings. The molecule has 0 saturated carbocycles. The zero-order valence-corrected chi connectivity index (χ0v) is 19.0. The third-order valence-electron chi connectivity index (χ3n) is 6.04. The number of methoxy groups -OCH3 is 1. The molecule has 0 radical (unpaired) electrons. The van der Waals surface area contributed by atoms with Crippen LogP contribution < -0.4 is 4.90 Å². The number of nitrogens with zero attached hydrogens (tertiary/aromatic N) is 2. The molecule has 1 aliphatic carbocycles. The Balaban J connectivity index is 1.60. The molecule has 0 saturated heterocycles. The molecule has 158 valence electrons. The number of anilines is 1. The van der Waals surface area contributed by atoms with Crippen LogP contribution in [0.15, 0.2) is 36.5 Å². The quantitative estimate of drug-likeness (QED) is 0.403. The summed E-state index contributed by atoms with van der Waals surface area (Å²) < 4.78 is 10.8. The first-order valence-corrected chi connectivity index (χ1v) is 14.0. The number of carbonyl (C=O) groups excluding carboxylic acids is 2. The van der Waals surface area contributed by atoms with Crippen molar-refractivity contribution in [3.8, 4) is 0 Å². The Kier molecular flexibility index (Phi) is 5.28. The third kappa shape index (κ3) is 3.56. The van der Waals surface area contributed by atoms with Crippen molar-refractivity contribution in [1.29, 1.82) is 0 Å². The van der Waals surface area contributed by atoms with Gasteiger partial charge in [-0.1, -0.05) is 31.8 Å². The number of ether oxygens (including phenoxy) is 2. The van der Waals surface area contributed by atoms with Gasteiger partial charge in [0, 0.05) is 26.4 Å². The summed E-state index contributed by atoms with van der Waals surface area (Å²) in [7, 11) is 0.177. The molecule has 1 aromatic heterocycles. The van der Waals surface area contributed by atoms with E-state index in [4.69, 9.17) is 9.47 Å². The Bertz CT molecular complexity index is 1000. The summed E-state index contributed by atoms with van der Waals surface area (Å²) in [6.45, 7) is 7.79. The predicted octanol–water partition coefficient (Wildman–Crippen LogP) is 3.56. The number of fused-ring (bicyclic) bond motifs is 3. The molecule has 0 N–H and O–H groups in total. The lowest BCUT2D eigenvalue weighted by Gasteiger charge is -2.23. The normalized spacial score (nSPS) is 19.9. The van der Waals surface area contributed by atoms with E-state index in [1.165, 1.54) is 7.11 Å². The van der Waals surface area contributed by atoms with Crippen molar-refractivity contribution in [2.24, 2.45) is 0 Å². The van der Waals surface area contributed by atoms with Gasteiger partial charge in [-0.15, -0.1) is 0 Å². The number of hydrogen-bond acceptors (Lipinski definition) is 5. The van der Waals surface area contributed by atoms with Crippen molar-refractivity contribution >= 4 is 25.8 Å². The summed E-state index contributed by atoms with van der Waals surface area (Å²) in [5, 5.41) is 0. The molecular formula is C23H28N2O4Si. The van der Waals surface area contributed by atoms with Crippen LogP contribution in [0.25, 0.3) is 0 Å². The summed E-state index contributed by atoms with van der Waals surface area (Å²) in [6, 6.07) is 10.5. The highest BCUT2D eigenvalue weighted by atomic mass is 28.3. The molecule has 7 heteroatoms. The Morgan fingerprint density at radius 3 is 2.70 bits per heavy atom. The average molecular weight is 425 g/mol. The van der Waals surface area contributed by atoms with Crippen LogP contribution >= 0.6 is 0 Å². The van der Waals surface area contributed by atoms with Crippen molar-refractivity contribution in [3.63, 3.8) is 0 Å². The Morgan fingerprint density at radius 2 is 1.97 bits per heavy atom. The molecular weight excluding hydrogens is 396 g/mol. The average Bonchev–Trinajstić information content (AvgIpc) is 3.21. The van der Waals surface area contributed by atoms with Gasteiger partial charge < -0.3 is 9.47 Å². The zero-order valence-electron chi connectivity index (χ0n) is 18.0. The van der Waals surface area contributed by atoms with Gasteiger partial charge in [-0.3, -0.25) is 9.69 Å². The van der Waals surface area contributed by atoms with E-state index in [0.29, 0.717) is 30.8 Å². The number of pyridine rings is 1. The number of benzene rings is 1. The van der Waals surface area contributed by atoms with Gasteiger partial charge in [-0.2, -0.15) is 0 Å². The van der Waals surface area contributed by atoms with E-state index in [0.717, 1.165) is 22.7 Å². The first-order chi connectivity index (χ1) is 14.2. The van der Waals surface area contributed by atoms with Gasteiger partial charge >= 0.3 is 5.97 Å². The molecule has 30 heavy (non-hydrogen) atoms. The second-order valence-electron chi connectivity index (χ2n) is 9.37. The van der Waals surface area contributed by atoms with Gasteiger partial charge in [0.05, 0.1) is 18.1 Å². The second-order valence-corrected chi connectivity index (χ2v) is 15.0. The lowest BCUT2D eigenvalue weighted by molar-refractivity contribution is -0.124. The van der Waals surface area contributed by atoms with Crippen molar-refractivity contribution in [3.05, 3.63) is 58.8 Å². The summed E-state index contributed by atoms with van der Waals surface area (Å²) in [4.78, 5) is 31.8. The van der Waals surface area contributed by atoms with Crippen LogP contribution in [0.3, 0.4) is 0 Å². The van der Waals surface area contributed by atoms with Crippen LogP contribution in [0.5, 0.6) is 0 Å². The van der Waals surface area contributed by atoms with Gasteiger partial charge in [0.25, 0.3) is 0 Å². The summed E-state index contributed by atoms with van der Waals surface area (Å²) in [5.41, 5.74) is 2.88. The number of rotatable bonds is 6. The van der Waals surface area contributed by atoms with Crippen LogP contribution in [0, 0.1) is 0 Å². The standard InChI is InChI=1S/C23H28N2O4Si/c1-28-21(26)16-7-8-17-13-23(14-18(17)12-16)19-6-5-9-24-20(19)25(22(23)27)15-29-10-11-30(2,3)4/h5-9,12H,10-11,13-15H2,1-4H3/t23-/m0/s1. The van der Waals surface area contributed by atoms with E-state index in [-0.39, 0.29) is 18.6 Å². The molecule has 1 amide bonds. The van der Waals surface area contributed by atoms with Gasteiger partial charge in [0.15, 0.2) is 0 Å². The van der Waals surface area contributed by atoms with Crippen LogP contribution in [-0.4, -0.2) is 45.4 Å². The van der Waals surface area contributed by atoms with Gasteiger partial charge in [0.2, 0.25) is 5.91 Å². The van der Waals surface area contributed by atoms with Crippen LogP contribution in [0.2, 0.25) is 25.7 Å². The van der Waals surface area contributed by atoms with Gasteiger partial charge in [-0.25, -0.2) is 9.78 Å². The molecule has 1 aromatic carbocycles. The first kappa shape index (κ1) is 20.7. The van der Waals surface area contributed by atoms with Crippen molar-refractivity contribution in [2.75, 3.05) is 25.3 Å². The number of carbonyl (C=O) groups is 2. The highest BCUT2D eigenvalue weighted by molar-refractivity contribution is 6.76. The molecule has 2 heterocycles. The topological polar surface area (TPSA) is 68.7 Å². The van der Waals surface area contributed by atoms with Crippen LogP contribution in [-0.2, 0) is 32.5 Å². The SMILES string of the molecule is COC(=O)c1ccc2c(c1)C[C@]1(C2)C(=O)N(COCC[Si](C)(C)C)c2ncccc21. The van der Waals surface area contributed by atoms with Crippen molar-refractivity contribution in [2.45, 2.75) is 43.9 Å². The highest BCUT2D eigenvalue weighted by Gasteiger charge is 2.54. The molecule has 1 aliphatic heterocycles. The fourth-order valence-corrected chi connectivity index (χ4v) is 5.13. The zero-order chi connectivity index (χ0) is 21.5. The number of amides is 1. The first-order valence-electron chi connectivity index (χ1n) is 10.3. The molecule has 4 rings (SSSR count). The lowest BCUT2D eigenvalue weighted by atomic mass is 9.79. The van der Waals surface area contributed by atoms with E-state index in [9.17, 15) is 9.59 Å². The van der Waals surface area contributed by atoms with E-state index >= 15 is 0 Å². The maximum Gasteiger partial charge on any atom is 0.337 e. The summed E-state index contributed by atoms with van der Waals surface area (Å²) in [6.07, 6.45) is 2.88. The minimum absolute atomic E-state index is 0.0278. The Labute approximate surface area is 178 Å². The lowest BCUT2D eigenvalue weighted by Crippen LogP contribution is -2.42. The minimum atomic E-state index is -1.20. The fraction of sp³-hybridized carbons (Fsp3) is 0.435. The number of hydrogen-bond donors (Lipinski definition) is 0. The van der Waals surface area contributed by atoms with Gasteiger partial charge in [0.1, 0.15) is 12.5 Å². The highest BCUT2D eigenvalue weighted by Crippen LogP contribution is 2.49. The van der Waals surface area contributed by atoms with E-state index in [1.807, 2.05) is 24.3 Å². The molecule has 6 nitrogen and oxygen atoms in total. The van der Waals surface area contributed by atoms with Crippen molar-refractivity contribution < 1.29 is 19.1 Å². The third-order valence-corrected chi connectivity index (χ3v) is 7.75. The van der Waals surface area contributed by atoms with Crippen LogP contribution in [0.4, 0.5) is 5.82 Å². The second kappa shape index (κ2) is 7.63. The maximum atomic E-state index is 13.6. The fourth-order valence-electron chi connectivity index (χ4n) is 4.37. The summed E-state index contributed by atoms with van der Waals surface area (Å²) in [5.74, 6) is 0.354. The monoisotopic (exact) mass is 424 g/mol. The van der Waals surface area contributed by atoms with Gasteiger partial charge in [-0.05, 0) is 48.2 Å².